The normalized spacial score (nSPS) is 21.4. The maximum atomic E-state index is 12.7. The van der Waals surface area contributed by atoms with Gasteiger partial charge in [-0.1, -0.05) is 0 Å². The van der Waals surface area contributed by atoms with Crippen molar-refractivity contribution < 1.29 is 9.59 Å². The summed E-state index contributed by atoms with van der Waals surface area (Å²) < 4.78 is 0.704. The molecule has 0 radical (unpaired) electrons. The molecule has 1 atom stereocenters. The van der Waals surface area contributed by atoms with E-state index in [1.807, 2.05) is 0 Å². The number of nitrogens with zero attached hydrogens (tertiary/aromatic N) is 1. The van der Waals surface area contributed by atoms with E-state index in [0.29, 0.717) is 28.3 Å². The molecule has 2 fully saturated rings. The number of benzene rings is 1. The second-order valence-electron chi connectivity index (χ2n) is 5.68. The molecule has 1 aromatic rings. The lowest BCUT2D eigenvalue weighted by Crippen LogP contribution is -2.46. The van der Waals surface area contributed by atoms with Gasteiger partial charge in [0.25, 0.3) is 5.91 Å². The molecule has 1 aromatic carbocycles. The van der Waals surface area contributed by atoms with Gasteiger partial charge >= 0.3 is 0 Å². The molecular weight excluding hydrogens is 334 g/mol. The second kappa shape index (κ2) is 5.67. The van der Waals surface area contributed by atoms with Gasteiger partial charge in [-0.2, -0.15) is 0 Å². The average Bonchev–Trinajstić information content (AvgIpc) is 3.13. The molecule has 3 N–H and O–H groups in total. The average molecular weight is 352 g/mol. The predicted octanol–water partition coefficient (Wildman–Crippen LogP) is 1.91. The number of rotatable bonds is 3. The molecule has 0 bridgehead atoms. The fraction of sp³-hybridized carbons (Fsp3) is 0.467. The van der Waals surface area contributed by atoms with Crippen molar-refractivity contribution in [1.82, 2.24) is 10.2 Å². The smallest absolute Gasteiger partial charge is 0.255 e. The SMILES string of the molecule is Nc1ccc(Br)c(C(=O)N2CCCC2C(=O)NC2CC2)c1. The Kier molecular flexibility index (Phi) is 3.89. The summed E-state index contributed by atoms with van der Waals surface area (Å²) >= 11 is 3.38. The van der Waals surface area contributed by atoms with Gasteiger partial charge in [-0.15, -0.1) is 0 Å². The molecule has 3 rings (SSSR count). The van der Waals surface area contributed by atoms with Crippen LogP contribution in [0, 0.1) is 0 Å². The molecule has 21 heavy (non-hydrogen) atoms. The zero-order valence-corrected chi connectivity index (χ0v) is 13.2. The Labute approximate surface area is 132 Å². The Morgan fingerprint density at radius 1 is 1.29 bits per heavy atom. The van der Waals surface area contributed by atoms with Crippen LogP contribution in [0.3, 0.4) is 0 Å². The topological polar surface area (TPSA) is 75.4 Å². The third-order valence-electron chi connectivity index (χ3n) is 3.96. The number of hydrogen-bond acceptors (Lipinski definition) is 3. The summed E-state index contributed by atoms with van der Waals surface area (Å²) in [5, 5.41) is 2.99. The largest absolute Gasteiger partial charge is 0.399 e. The van der Waals surface area contributed by atoms with E-state index in [4.69, 9.17) is 5.73 Å². The first-order valence-corrected chi connectivity index (χ1v) is 8.02. The predicted molar refractivity (Wildman–Crippen MR) is 83.8 cm³/mol. The highest BCUT2D eigenvalue weighted by atomic mass is 79.9. The molecule has 2 amide bonds. The Balaban J connectivity index is 1.78. The molecule has 1 heterocycles. The zero-order valence-electron chi connectivity index (χ0n) is 11.6. The fourth-order valence-corrected chi connectivity index (χ4v) is 3.09. The van der Waals surface area contributed by atoms with Gasteiger partial charge in [0.2, 0.25) is 5.91 Å². The summed E-state index contributed by atoms with van der Waals surface area (Å²) in [6, 6.07) is 5.11. The van der Waals surface area contributed by atoms with E-state index in [0.717, 1.165) is 25.7 Å². The molecule has 1 saturated carbocycles. The van der Waals surface area contributed by atoms with Crippen LogP contribution < -0.4 is 11.1 Å². The fourth-order valence-electron chi connectivity index (χ4n) is 2.67. The highest BCUT2D eigenvalue weighted by molar-refractivity contribution is 9.10. The van der Waals surface area contributed by atoms with Crippen LogP contribution in [0.5, 0.6) is 0 Å². The third kappa shape index (κ3) is 3.05. The molecule has 6 heteroatoms. The van der Waals surface area contributed by atoms with E-state index in [1.54, 1.807) is 23.1 Å². The monoisotopic (exact) mass is 351 g/mol. The van der Waals surface area contributed by atoms with Crippen LogP contribution in [0.4, 0.5) is 5.69 Å². The summed E-state index contributed by atoms with van der Waals surface area (Å²) in [6.07, 6.45) is 3.68. The first-order valence-electron chi connectivity index (χ1n) is 7.22. The van der Waals surface area contributed by atoms with Gasteiger partial charge in [0.05, 0.1) is 5.56 Å². The molecule has 1 aliphatic carbocycles. The molecule has 0 spiro atoms. The van der Waals surface area contributed by atoms with E-state index >= 15 is 0 Å². The number of anilines is 1. The van der Waals surface area contributed by atoms with Crippen LogP contribution >= 0.6 is 15.9 Å². The lowest BCUT2D eigenvalue weighted by molar-refractivity contribution is -0.125. The number of hydrogen-bond donors (Lipinski definition) is 2. The zero-order chi connectivity index (χ0) is 15.0. The minimum absolute atomic E-state index is 0.0247. The van der Waals surface area contributed by atoms with Crippen molar-refractivity contribution in [3.05, 3.63) is 28.2 Å². The number of carbonyl (C=O) groups excluding carboxylic acids is 2. The van der Waals surface area contributed by atoms with Gasteiger partial charge < -0.3 is 16.0 Å². The van der Waals surface area contributed by atoms with E-state index in [9.17, 15) is 9.59 Å². The Bertz CT molecular complexity index is 586. The number of nitrogens with one attached hydrogen (secondary N) is 1. The van der Waals surface area contributed by atoms with Crippen molar-refractivity contribution in [2.24, 2.45) is 0 Å². The van der Waals surface area contributed by atoms with Crippen molar-refractivity contribution in [1.29, 1.82) is 0 Å². The number of nitrogen functional groups attached to an aromatic ring is 1. The van der Waals surface area contributed by atoms with Crippen molar-refractivity contribution in [2.75, 3.05) is 12.3 Å². The van der Waals surface area contributed by atoms with Gasteiger partial charge in [-0.05, 0) is 59.8 Å². The summed E-state index contributed by atoms with van der Waals surface area (Å²) in [5.74, 6) is -0.161. The maximum Gasteiger partial charge on any atom is 0.255 e. The third-order valence-corrected chi connectivity index (χ3v) is 4.65. The Morgan fingerprint density at radius 2 is 2.05 bits per heavy atom. The summed E-state index contributed by atoms with van der Waals surface area (Å²) in [6.45, 7) is 0.614. The lowest BCUT2D eigenvalue weighted by Gasteiger charge is -2.24. The molecule has 0 aromatic heterocycles. The van der Waals surface area contributed by atoms with E-state index in [2.05, 4.69) is 21.2 Å². The number of carbonyl (C=O) groups is 2. The second-order valence-corrected chi connectivity index (χ2v) is 6.53. The summed E-state index contributed by atoms with van der Waals surface area (Å²) in [5.41, 5.74) is 6.82. The maximum absolute atomic E-state index is 12.7. The summed E-state index contributed by atoms with van der Waals surface area (Å²) in [4.78, 5) is 26.6. The molecule has 112 valence electrons. The minimum atomic E-state index is -0.355. The van der Waals surface area contributed by atoms with Crippen LogP contribution in [0.1, 0.15) is 36.0 Å². The van der Waals surface area contributed by atoms with E-state index < -0.39 is 0 Å². The van der Waals surface area contributed by atoms with Gasteiger partial charge in [0.1, 0.15) is 6.04 Å². The van der Waals surface area contributed by atoms with Gasteiger partial charge in [0, 0.05) is 22.7 Å². The molecule has 1 unspecified atom stereocenters. The molecule has 1 saturated heterocycles. The lowest BCUT2D eigenvalue weighted by atomic mass is 10.1. The van der Waals surface area contributed by atoms with Crippen molar-refractivity contribution in [3.8, 4) is 0 Å². The van der Waals surface area contributed by atoms with E-state index in [1.165, 1.54) is 0 Å². The van der Waals surface area contributed by atoms with Crippen LogP contribution in [0.15, 0.2) is 22.7 Å². The number of likely N-dealkylation sites (tertiary alicyclic amines) is 1. The highest BCUT2D eigenvalue weighted by Gasteiger charge is 2.37. The highest BCUT2D eigenvalue weighted by Crippen LogP contribution is 2.27. The standard InChI is InChI=1S/C15H18BrN3O2/c16-12-6-3-9(17)8-11(12)15(21)19-7-1-2-13(19)14(20)18-10-4-5-10/h3,6,8,10,13H,1-2,4-5,7,17H2,(H,18,20). The van der Waals surface area contributed by atoms with Crippen molar-refractivity contribution in [3.63, 3.8) is 0 Å². The summed E-state index contributed by atoms with van der Waals surface area (Å²) in [7, 11) is 0. The molecule has 1 aliphatic heterocycles. The first-order chi connectivity index (χ1) is 10.1. The van der Waals surface area contributed by atoms with Gasteiger partial charge in [-0.3, -0.25) is 9.59 Å². The number of halogens is 1. The Hall–Kier alpha value is -1.56. The van der Waals surface area contributed by atoms with Crippen LogP contribution in [0.2, 0.25) is 0 Å². The quantitative estimate of drug-likeness (QED) is 0.816. The van der Waals surface area contributed by atoms with Crippen LogP contribution in [-0.4, -0.2) is 35.3 Å². The number of amides is 2. The number of nitrogens with two attached hydrogens (primary N) is 1. The van der Waals surface area contributed by atoms with Gasteiger partial charge in [-0.25, -0.2) is 0 Å². The van der Waals surface area contributed by atoms with E-state index in [-0.39, 0.29) is 17.9 Å². The van der Waals surface area contributed by atoms with Crippen LogP contribution in [0.25, 0.3) is 0 Å². The Morgan fingerprint density at radius 3 is 2.76 bits per heavy atom. The van der Waals surface area contributed by atoms with Crippen molar-refractivity contribution >= 4 is 33.4 Å². The van der Waals surface area contributed by atoms with Gasteiger partial charge in [0.15, 0.2) is 0 Å². The molecule has 2 aliphatic rings. The van der Waals surface area contributed by atoms with Crippen LogP contribution in [-0.2, 0) is 4.79 Å². The van der Waals surface area contributed by atoms with Crippen molar-refractivity contribution in [2.45, 2.75) is 37.8 Å². The minimum Gasteiger partial charge on any atom is -0.399 e. The first kappa shape index (κ1) is 14.4. The molecule has 5 nitrogen and oxygen atoms in total. The molecular formula is C15H18BrN3O2.